The minimum absolute atomic E-state index is 0.249. The van der Waals surface area contributed by atoms with Crippen LogP contribution in [0.3, 0.4) is 0 Å². The van der Waals surface area contributed by atoms with Crippen molar-refractivity contribution in [2.24, 2.45) is 0 Å². The highest BCUT2D eigenvalue weighted by Crippen LogP contribution is 2.35. The van der Waals surface area contributed by atoms with E-state index in [1.54, 1.807) is 0 Å². The Morgan fingerprint density at radius 1 is 0.680 bits per heavy atom. The first-order valence-electron chi connectivity index (χ1n) is 7.80. The Morgan fingerprint density at radius 3 is 2.20 bits per heavy atom. The molecule has 0 spiro atoms. The van der Waals surface area contributed by atoms with Crippen LogP contribution < -0.4 is 15.2 Å². The summed E-state index contributed by atoms with van der Waals surface area (Å²) < 4.78 is 11.7. The molecule has 25 heavy (non-hydrogen) atoms. The van der Waals surface area contributed by atoms with Gasteiger partial charge in [0, 0.05) is 5.39 Å². The molecule has 3 aromatic carbocycles. The summed E-state index contributed by atoms with van der Waals surface area (Å²) in [5, 5.41) is 2.06. The van der Waals surface area contributed by atoms with Crippen LogP contribution in [-0.4, -0.2) is 9.97 Å². The van der Waals surface area contributed by atoms with E-state index in [-0.39, 0.29) is 17.4 Å². The molecule has 2 N–H and O–H groups in total. The van der Waals surface area contributed by atoms with E-state index in [1.807, 2.05) is 72.8 Å². The normalized spacial score (nSPS) is 10.6. The molecule has 0 radical (unpaired) electrons. The van der Waals surface area contributed by atoms with Crippen LogP contribution in [0.5, 0.6) is 23.3 Å². The minimum Gasteiger partial charge on any atom is -0.437 e. The van der Waals surface area contributed by atoms with E-state index in [9.17, 15) is 0 Å². The highest BCUT2D eigenvalue weighted by atomic mass is 16.5. The molecule has 0 saturated heterocycles. The van der Waals surface area contributed by atoms with Crippen LogP contribution in [0.15, 0.2) is 79.1 Å². The van der Waals surface area contributed by atoms with E-state index in [2.05, 4.69) is 9.97 Å². The van der Waals surface area contributed by atoms with Crippen molar-refractivity contribution in [1.82, 2.24) is 9.97 Å². The largest absolute Gasteiger partial charge is 0.437 e. The Labute approximate surface area is 144 Å². The fourth-order valence-corrected chi connectivity index (χ4v) is 2.52. The number of para-hydroxylation sites is 1. The van der Waals surface area contributed by atoms with Gasteiger partial charge >= 0.3 is 0 Å². The maximum Gasteiger partial charge on any atom is 0.249 e. The van der Waals surface area contributed by atoms with E-state index in [0.717, 1.165) is 10.8 Å². The molecule has 1 aromatic heterocycles. The molecule has 1 heterocycles. The first-order chi connectivity index (χ1) is 12.3. The molecule has 5 nitrogen and oxygen atoms in total. The molecule has 0 unspecified atom stereocenters. The predicted molar refractivity (Wildman–Crippen MR) is 97.0 cm³/mol. The summed E-state index contributed by atoms with van der Waals surface area (Å²) in [7, 11) is 0. The van der Waals surface area contributed by atoms with E-state index in [0.29, 0.717) is 11.5 Å². The lowest BCUT2D eigenvalue weighted by Gasteiger charge is -2.12. The Hall–Kier alpha value is -3.60. The van der Waals surface area contributed by atoms with Crippen LogP contribution >= 0.6 is 0 Å². The topological polar surface area (TPSA) is 70.3 Å². The van der Waals surface area contributed by atoms with Crippen molar-refractivity contribution in [3.05, 3.63) is 79.1 Å². The maximum absolute atomic E-state index is 6.15. The van der Waals surface area contributed by atoms with Crippen LogP contribution in [0, 0.1) is 0 Å². The van der Waals surface area contributed by atoms with Crippen LogP contribution in [0.2, 0.25) is 0 Å². The second-order valence-electron chi connectivity index (χ2n) is 5.39. The summed E-state index contributed by atoms with van der Waals surface area (Å²) in [6.07, 6.45) is 1.37. The van der Waals surface area contributed by atoms with Gasteiger partial charge in [0.1, 0.15) is 17.8 Å². The second-order valence-corrected chi connectivity index (χ2v) is 5.39. The van der Waals surface area contributed by atoms with Gasteiger partial charge in [-0.05, 0) is 23.6 Å². The molecule has 4 rings (SSSR count). The molecule has 122 valence electrons. The van der Waals surface area contributed by atoms with Crippen LogP contribution in [0.25, 0.3) is 10.8 Å². The lowest BCUT2D eigenvalue weighted by molar-refractivity contribution is 0.440. The molecule has 0 aliphatic carbocycles. The quantitative estimate of drug-likeness (QED) is 0.582. The summed E-state index contributed by atoms with van der Waals surface area (Å²) in [5.74, 6) is 1.84. The standard InChI is InChI=1S/C20H15N3O2/c21-18-19(24-15-9-2-1-3-10-15)22-13-23-20(18)25-17-12-6-8-14-7-4-5-11-16(14)17/h1-13H,21H2. The second kappa shape index (κ2) is 6.49. The van der Waals surface area contributed by atoms with Crippen molar-refractivity contribution in [2.75, 3.05) is 5.73 Å². The fraction of sp³-hybridized carbons (Fsp3) is 0. The molecular weight excluding hydrogens is 314 g/mol. The van der Waals surface area contributed by atoms with E-state index in [1.165, 1.54) is 6.33 Å². The van der Waals surface area contributed by atoms with Gasteiger partial charge in [-0.25, -0.2) is 0 Å². The monoisotopic (exact) mass is 329 g/mol. The SMILES string of the molecule is Nc1c(Oc2ccccc2)ncnc1Oc1cccc2ccccc12. The number of ether oxygens (including phenoxy) is 2. The van der Waals surface area contributed by atoms with Gasteiger partial charge in [-0.2, -0.15) is 9.97 Å². The first-order valence-corrected chi connectivity index (χ1v) is 7.80. The third-order valence-electron chi connectivity index (χ3n) is 3.72. The summed E-state index contributed by atoms with van der Waals surface area (Å²) in [5.41, 5.74) is 6.40. The number of anilines is 1. The fourth-order valence-electron chi connectivity index (χ4n) is 2.52. The highest BCUT2D eigenvalue weighted by molar-refractivity contribution is 5.88. The highest BCUT2D eigenvalue weighted by Gasteiger charge is 2.13. The molecule has 0 bridgehead atoms. The first kappa shape index (κ1) is 15.0. The van der Waals surface area contributed by atoms with Gasteiger partial charge in [0.2, 0.25) is 11.8 Å². The van der Waals surface area contributed by atoms with Crippen LogP contribution in [0.4, 0.5) is 5.69 Å². The number of hydrogen-bond donors (Lipinski definition) is 1. The number of nitrogens with two attached hydrogens (primary N) is 1. The molecule has 0 aliphatic heterocycles. The average Bonchev–Trinajstić information content (AvgIpc) is 2.66. The number of aromatic nitrogens is 2. The number of rotatable bonds is 4. The maximum atomic E-state index is 6.15. The molecule has 0 aliphatic rings. The van der Waals surface area contributed by atoms with Crippen LogP contribution in [-0.2, 0) is 0 Å². The molecular formula is C20H15N3O2. The zero-order valence-corrected chi connectivity index (χ0v) is 13.3. The average molecular weight is 329 g/mol. The zero-order valence-electron chi connectivity index (χ0n) is 13.3. The van der Waals surface area contributed by atoms with E-state index < -0.39 is 0 Å². The minimum atomic E-state index is 0.249. The molecule has 0 atom stereocenters. The van der Waals surface area contributed by atoms with E-state index >= 15 is 0 Å². The van der Waals surface area contributed by atoms with Crippen molar-refractivity contribution in [1.29, 1.82) is 0 Å². The molecule has 0 saturated carbocycles. The van der Waals surface area contributed by atoms with Crippen molar-refractivity contribution >= 4 is 16.5 Å². The lowest BCUT2D eigenvalue weighted by Crippen LogP contribution is -2.00. The Balaban J connectivity index is 1.68. The zero-order chi connectivity index (χ0) is 17.1. The molecule has 5 heteroatoms. The van der Waals surface area contributed by atoms with Gasteiger partial charge in [-0.3, -0.25) is 0 Å². The summed E-state index contributed by atoms with van der Waals surface area (Å²) >= 11 is 0. The summed E-state index contributed by atoms with van der Waals surface area (Å²) in [4.78, 5) is 8.24. The number of benzene rings is 3. The van der Waals surface area contributed by atoms with Gasteiger partial charge in [0.15, 0.2) is 5.69 Å². The number of nitrogens with zero attached hydrogens (tertiary/aromatic N) is 2. The van der Waals surface area contributed by atoms with Gasteiger partial charge in [0.25, 0.3) is 0 Å². The summed E-state index contributed by atoms with van der Waals surface area (Å²) in [6, 6.07) is 23.1. The Morgan fingerprint density at radius 2 is 1.36 bits per heavy atom. The van der Waals surface area contributed by atoms with Gasteiger partial charge < -0.3 is 15.2 Å². The Bertz CT molecular complexity index is 1010. The summed E-state index contributed by atoms with van der Waals surface area (Å²) in [6.45, 7) is 0. The number of nitrogen functional groups attached to an aromatic ring is 1. The van der Waals surface area contributed by atoms with Crippen molar-refractivity contribution in [3.8, 4) is 23.3 Å². The van der Waals surface area contributed by atoms with Gasteiger partial charge in [-0.1, -0.05) is 54.6 Å². The smallest absolute Gasteiger partial charge is 0.249 e. The van der Waals surface area contributed by atoms with E-state index in [4.69, 9.17) is 15.2 Å². The molecule has 0 fully saturated rings. The molecule has 4 aromatic rings. The number of fused-ring (bicyclic) bond motifs is 1. The van der Waals surface area contributed by atoms with Crippen molar-refractivity contribution in [3.63, 3.8) is 0 Å². The van der Waals surface area contributed by atoms with Crippen molar-refractivity contribution < 1.29 is 9.47 Å². The Kier molecular flexibility index (Phi) is 3.88. The molecule has 0 amide bonds. The third-order valence-corrected chi connectivity index (χ3v) is 3.72. The number of hydrogen-bond acceptors (Lipinski definition) is 5. The van der Waals surface area contributed by atoms with Crippen molar-refractivity contribution in [2.45, 2.75) is 0 Å². The van der Waals surface area contributed by atoms with Gasteiger partial charge in [-0.15, -0.1) is 0 Å². The predicted octanol–water partition coefficient (Wildman–Crippen LogP) is 4.80. The third kappa shape index (κ3) is 3.07. The van der Waals surface area contributed by atoms with Crippen LogP contribution in [0.1, 0.15) is 0 Å². The lowest BCUT2D eigenvalue weighted by atomic mass is 10.1. The van der Waals surface area contributed by atoms with Gasteiger partial charge in [0.05, 0.1) is 0 Å².